The third-order valence-electron chi connectivity index (χ3n) is 5.19. The summed E-state index contributed by atoms with van der Waals surface area (Å²) in [7, 11) is 0. The SMILES string of the molecule is Cc1nc2ccc(C(=O)N3Cc4nnc(-c5ccccc5)n4[C@@H](C)C3)cc2[nH]1. The molecule has 2 aromatic heterocycles. The quantitative estimate of drug-likeness (QED) is 0.585. The molecule has 7 heteroatoms. The van der Waals surface area contributed by atoms with Gasteiger partial charge in [-0.25, -0.2) is 4.98 Å². The lowest BCUT2D eigenvalue weighted by Crippen LogP contribution is -2.40. The van der Waals surface area contributed by atoms with Crippen LogP contribution in [-0.4, -0.2) is 42.1 Å². The number of carbonyl (C=O) groups excluding carboxylic acids is 1. The molecular weight excluding hydrogens is 352 g/mol. The van der Waals surface area contributed by atoms with Crippen molar-refractivity contribution >= 4 is 16.9 Å². The van der Waals surface area contributed by atoms with Crippen LogP contribution in [0.15, 0.2) is 48.5 Å². The second-order valence-corrected chi connectivity index (χ2v) is 7.26. The number of nitrogens with zero attached hydrogens (tertiary/aromatic N) is 5. The summed E-state index contributed by atoms with van der Waals surface area (Å²) in [6.07, 6.45) is 0. The summed E-state index contributed by atoms with van der Waals surface area (Å²) < 4.78 is 2.14. The van der Waals surface area contributed by atoms with Crippen molar-refractivity contribution in [2.45, 2.75) is 26.4 Å². The zero-order chi connectivity index (χ0) is 19.3. The predicted molar refractivity (Wildman–Crippen MR) is 106 cm³/mol. The number of carbonyl (C=O) groups is 1. The van der Waals surface area contributed by atoms with Crippen molar-refractivity contribution in [1.29, 1.82) is 0 Å². The van der Waals surface area contributed by atoms with Gasteiger partial charge in [0.2, 0.25) is 0 Å². The van der Waals surface area contributed by atoms with Crippen LogP contribution < -0.4 is 0 Å². The molecule has 0 spiro atoms. The van der Waals surface area contributed by atoms with Crippen LogP contribution in [-0.2, 0) is 6.54 Å². The van der Waals surface area contributed by atoms with Gasteiger partial charge in [-0.05, 0) is 32.0 Å². The molecule has 1 amide bonds. The van der Waals surface area contributed by atoms with Crippen LogP contribution in [0.3, 0.4) is 0 Å². The Hall–Kier alpha value is -3.48. The van der Waals surface area contributed by atoms with Gasteiger partial charge >= 0.3 is 0 Å². The molecule has 0 unspecified atom stereocenters. The first-order chi connectivity index (χ1) is 13.6. The maximum absolute atomic E-state index is 13.1. The molecule has 7 nitrogen and oxygen atoms in total. The van der Waals surface area contributed by atoms with Gasteiger partial charge in [0.1, 0.15) is 5.82 Å². The Morgan fingerprint density at radius 2 is 1.96 bits per heavy atom. The fourth-order valence-electron chi connectivity index (χ4n) is 3.92. The molecule has 1 atom stereocenters. The zero-order valence-corrected chi connectivity index (χ0v) is 15.8. The molecule has 4 aromatic rings. The van der Waals surface area contributed by atoms with E-state index in [1.807, 2.05) is 60.4 Å². The molecule has 0 radical (unpaired) electrons. The number of aromatic amines is 1. The lowest BCUT2D eigenvalue weighted by atomic mass is 10.1. The molecule has 0 saturated heterocycles. The van der Waals surface area contributed by atoms with Crippen LogP contribution in [0.2, 0.25) is 0 Å². The highest BCUT2D eigenvalue weighted by Gasteiger charge is 2.30. The van der Waals surface area contributed by atoms with Gasteiger partial charge in [0.15, 0.2) is 11.6 Å². The van der Waals surface area contributed by atoms with Gasteiger partial charge in [0.25, 0.3) is 5.91 Å². The fourth-order valence-corrected chi connectivity index (χ4v) is 3.92. The van der Waals surface area contributed by atoms with Gasteiger partial charge in [-0.1, -0.05) is 30.3 Å². The highest BCUT2D eigenvalue weighted by molar-refractivity contribution is 5.97. The maximum atomic E-state index is 13.1. The van der Waals surface area contributed by atoms with Gasteiger partial charge in [-0.2, -0.15) is 0 Å². The minimum atomic E-state index is -0.00323. The number of H-pyrrole nitrogens is 1. The second-order valence-electron chi connectivity index (χ2n) is 7.26. The molecule has 0 bridgehead atoms. The number of aromatic nitrogens is 5. The van der Waals surface area contributed by atoms with Gasteiger partial charge in [0, 0.05) is 17.7 Å². The Bertz CT molecular complexity index is 1180. The smallest absolute Gasteiger partial charge is 0.254 e. The van der Waals surface area contributed by atoms with E-state index in [0.717, 1.165) is 34.1 Å². The molecule has 0 fully saturated rings. The molecule has 0 saturated carbocycles. The largest absolute Gasteiger partial charge is 0.342 e. The molecule has 0 aliphatic carbocycles. The number of fused-ring (bicyclic) bond motifs is 2. The molecule has 1 aliphatic heterocycles. The lowest BCUT2D eigenvalue weighted by molar-refractivity contribution is 0.0682. The van der Waals surface area contributed by atoms with Crippen molar-refractivity contribution in [2.24, 2.45) is 0 Å². The van der Waals surface area contributed by atoms with Crippen LogP contribution in [0.1, 0.15) is 35.0 Å². The van der Waals surface area contributed by atoms with Crippen LogP contribution >= 0.6 is 0 Å². The maximum Gasteiger partial charge on any atom is 0.254 e. The first kappa shape index (κ1) is 16.7. The van der Waals surface area contributed by atoms with Crippen molar-refractivity contribution in [3.05, 3.63) is 65.7 Å². The number of imidazole rings is 1. The number of rotatable bonds is 2. The molecule has 1 aliphatic rings. The molecule has 140 valence electrons. The normalized spacial score (nSPS) is 16.4. The minimum Gasteiger partial charge on any atom is -0.342 e. The van der Waals surface area contributed by atoms with E-state index in [0.29, 0.717) is 18.7 Å². The summed E-state index contributed by atoms with van der Waals surface area (Å²) >= 11 is 0. The van der Waals surface area contributed by atoms with Crippen LogP contribution in [0.5, 0.6) is 0 Å². The van der Waals surface area contributed by atoms with Crippen molar-refractivity contribution in [3.8, 4) is 11.4 Å². The summed E-state index contributed by atoms with van der Waals surface area (Å²) in [6.45, 7) is 5.07. The number of hydrogen-bond donors (Lipinski definition) is 1. The van der Waals surface area contributed by atoms with E-state index >= 15 is 0 Å². The van der Waals surface area contributed by atoms with E-state index in [4.69, 9.17) is 0 Å². The van der Waals surface area contributed by atoms with Gasteiger partial charge in [-0.15, -0.1) is 10.2 Å². The topological polar surface area (TPSA) is 79.7 Å². The molecular formula is C21H20N6O. The average Bonchev–Trinajstić information content (AvgIpc) is 3.30. The van der Waals surface area contributed by atoms with Gasteiger partial charge in [0.05, 0.1) is 23.6 Å². The summed E-state index contributed by atoms with van der Waals surface area (Å²) in [4.78, 5) is 22.5. The number of hydrogen-bond acceptors (Lipinski definition) is 4. The molecule has 28 heavy (non-hydrogen) atoms. The fraction of sp³-hybridized carbons (Fsp3) is 0.238. The van der Waals surface area contributed by atoms with Crippen LogP contribution in [0.25, 0.3) is 22.4 Å². The van der Waals surface area contributed by atoms with Gasteiger partial charge in [-0.3, -0.25) is 4.79 Å². The monoisotopic (exact) mass is 372 g/mol. The Morgan fingerprint density at radius 3 is 2.79 bits per heavy atom. The van der Waals surface area contributed by atoms with Crippen molar-refractivity contribution in [1.82, 2.24) is 29.6 Å². The highest BCUT2D eigenvalue weighted by atomic mass is 16.2. The van der Waals surface area contributed by atoms with E-state index in [9.17, 15) is 4.79 Å². The zero-order valence-electron chi connectivity index (χ0n) is 15.8. The summed E-state index contributed by atoms with van der Waals surface area (Å²) in [5.74, 6) is 2.50. The predicted octanol–water partition coefficient (Wildman–Crippen LogP) is 3.35. The highest BCUT2D eigenvalue weighted by Crippen LogP contribution is 2.28. The van der Waals surface area contributed by atoms with Crippen LogP contribution in [0.4, 0.5) is 0 Å². The Morgan fingerprint density at radius 1 is 1.14 bits per heavy atom. The van der Waals surface area contributed by atoms with Gasteiger partial charge < -0.3 is 14.5 Å². The molecule has 3 heterocycles. The minimum absolute atomic E-state index is 0.00323. The third-order valence-corrected chi connectivity index (χ3v) is 5.19. The Kier molecular flexibility index (Phi) is 3.75. The Balaban J connectivity index is 1.45. The number of nitrogens with one attached hydrogen (secondary N) is 1. The van der Waals surface area contributed by atoms with Crippen molar-refractivity contribution < 1.29 is 4.79 Å². The number of amides is 1. The summed E-state index contributed by atoms with van der Waals surface area (Å²) in [6, 6.07) is 15.7. The Labute approximate surface area is 162 Å². The number of aryl methyl sites for hydroxylation is 1. The van der Waals surface area contributed by atoms with E-state index < -0.39 is 0 Å². The van der Waals surface area contributed by atoms with E-state index in [-0.39, 0.29) is 11.9 Å². The summed E-state index contributed by atoms with van der Waals surface area (Å²) in [5, 5.41) is 8.76. The molecule has 2 aromatic carbocycles. The van der Waals surface area contributed by atoms with E-state index in [1.54, 1.807) is 0 Å². The van der Waals surface area contributed by atoms with Crippen LogP contribution in [0, 0.1) is 6.92 Å². The first-order valence-electron chi connectivity index (χ1n) is 9.35. The standard InChI is InChI=1S/C21H20N6O/c1-13-11-26(21(28)16-8-9-17-18(10-16)23-14(2)22-17)12-19-24-25-20(27(13)19)15-6-4-3-5-7-15/h3-10,13H,11-12H2,1-2H3,(H,22,23)/t13-/m0/s1. The second kappa shape index (κ2) is 6.30. The average molecular weight is 372 g/mol. The first-order valence-corrected chi connectivity index (χ1v) is 9.35. The third kappa shape index (κ3) is 2.67. The number of benzene rings is 2. The molecule has 1 N–H and O–H groups in total. The van der Waals surface area contributed by atoms with Crippen molar-refractivity contribution in [2.75, 3.05) is 6.54 Å². The van der Waals surface area contributed by atoms with E-state index in [1.165, 1.54) is 0 Å². The lowest BCUT2D eigenvalue weighted by Gasteiger charge is -2.32. The summed E-state index contributed by atoms with van der Waals surface area (Å²) in [5.41, 5.74) is 3.43. The van der Waals surface area contributed by atoms with Crippen molar-refractivity contribution in [3.63, 3.8) is 0 Å². The van der Waals surface area contributed by atoms with E-state index in [2.05, 4.69) is 31.7 Å². The molecule has 5 rings (SSSR count).